The number of Topliss-reactive ketones (excluding diaryl/α,β-unsaturated/α-hetero) is 1. The van der Waals surface area contributed by atoms with Gasteiger partial charge < -0.3 is 0 Å². The number of ketones is 1. The van der Waals surface area contributed by atoms with Crippen molar-refractivity contribution in [3.63, 3.8) is 0 Å². The molecule has 1 aromatic rings. The largest absolute Gasteiger partial charge is 0.295 e. The molecule has 0 saturated carbocycles. The van der Waals surface area contributed by atoms with Gasteiger partial charge in [-0.2, -0.15) is 0 Å². The van der Waals surface area contributed by atoms with Crippen LogP contribution < -0.4 is 5.18 Å². The van der Waals surface area contributed by atoms with Crippen molar-refractivity contribution in [2.75, 3.05) is 0 Å². The standard InChI is InChI=1S/C8H7NO2/c1-6(10)7-3-2-4-8(5-7)9-11/h2-5H,1H3/p+1. The Hall–Kier alpha value is -1.51. The van der Waals surface area contributed by atoms with Crippen molar-refractivity contribution in [1.82, 2.24) is 0 Å². The molecular formula is C8H8NO2+. The van der Waals surface area contributed by atoms with E-state index in [1.807, 2.05) is 0 Å². The van der Waals surface area contributed by atoms with Crippen molar-refractivity contribution in [2.24, 2.45) is 0 Å². The van der Waals surface area contributed by atoms with Crippen molar-refractivity contribution in [3.8, 4) is 0 Å². The fourth-order valence-electron chi connectivity index (χ4n) is 0.802. The van der Waals surface area contributed by atoms with Gasteiger partial charge in [0, 0.05) is 27.8 Å². The Bertz CT molecular complexity index is 294. The minimum absolute atomic E-state index is 0.0397. The molecule has 0 amide bonds. The van der Waals surface area contributed by atoms with E-state index in [1.54, 1.807) is 23.4 Å². The molecule has 0 bridgehead atoms. The molecule has 0 aromatic heterocycles. The fraction of sp³-hybridized carbons (Fsp3) is 0.125. The Kier molecular flexibility index (Phi) is 2.11. The summed E-state index contributed by atoms with van der Waals surface area (Å²) in [6, 6.07) is 6.47. The summed E-state index contributed by atoms with van der Waals surface area (Å²) in [5.74, 6) is -0.0397. The predicted molar refractivity (Wildman–Crippen MR) is 40.4 cm³/mol. The lowest BCUT2D eigenvalue weighted by atomic mass is 10.1. The molecule has 0 spiro atoms. The lowest BCUT2D eigenvalue weighted by Gasteiger charge is -1.90. The highest BCUT2D eigenvalue weighted by atomic mass is 16.3. The second kappa shape index (κ2) is 3.05. The van der Waals surface area contributed by atoms with Crippen molar-refractivity contribution in [1.29, 1.82) is 0 Å². The zero-order valence-electron chi connectivity index (χ0n) is 6.13. The number of benzene rings is 1. The topological polar surface area (TPSA) is 48.1 Å². The zero-order chi connectivity index (χ0) is 8.27. The summed E-state index contributed by atoms with van der Waals surface area (Å²) in [6.07, 6.45) is 0. The Morgan fingerprint density at radius 2 is 2.18 bits per heavy atom. The predicted octanol–water partition coefficient (Wildman–Crippen LogP) is 0.368. The van der Waals surface area contributed by atoms with Gasteiger partial charge in [-0.1, -0.05) is 12.1 Å². The van der Waals surface area contributed by atoms with Gasteiger partial charge >= 0.3 is 0 Å². The van der Waals surface area contributed by atoms with E-state index in [-0.39, 0.29) is 5.78 Å². The van der Waals surface area contributed by atoms with E-state index in [1.165, 1.54) is 13.0 Å². The monoisotopic (exact) mass is 150 g/mol. The van der Waals surface area contributed by atoms with E-state index in [2.05, 4.69) is 0 Å². The summed E-state index contributed by atoms with van der Waals surface area (Å²) in [5.41, 5.74) is 0.962. The molecule has 0 radical (unpaired) electrons. The molecule has 0 fully saturated rings. The van der Waals surface area contributed by atoms with Crippen LogP contribution in [0.15, 0.2) is 24.3 Å². The van der Waals surface area contributed by atoms with Gasteiger partial charge in [-0.05, 0) is 6.92 Å². The van der Waals surface area contributed by atoms with Crippen LogP contribution in [0, 0.1) is 4.91 Å². The SMILES string of the molecule is CC(=O)c1cccc([NH+]=O)c1. The lowest BCUT2D eigenvalue weighted by Crippen LogP contribution is -2.55. The van der Waals surface area contributed by atoms with Crippen molar-refractivity contribution in [3.05, 3.63) is 34.7 Å². The van der Waals surface area contributed by atoms with E-state index in [0.717, 1.165) is 0 Å². The number of carbonyl (C=O) groups excluding carboxylic acids is 1. The van der Waals surface area contributed by atoms with Gasteiger partial charge in [0.15, 0.2) is 5.78 Å². The third-order valence-electron chi connectivity index (χ3n) is 1.39. The van der Waals surface area contributed by atoms with Gasteiger partial charge in [-0.15, -0.1) is 0 Å². The highest BCUT2D eigenvalue weighted by molar-refractivity contribution is 5.94. The number of nitrogens with one attached hydrogen (secondary N) is 1. The first-order valence-electron chi connectivity index (χ1n) is 3.23. The summed E-state index contributed by atoms with van der Waals surface area (Å²) >= 11 is 0. The van der Waals surface area contributed by atoms with E-state index in [4.69, 9.17) is 0 Å². The summed E-state index contributed by atoms with van der Waals surface area (Å²) < 4.78 is 0. The van der Waals surface area contributed by atoms with E-state index in [9.17, 15) is 9.70 Å². The third kappa shape index (κ3) is 1.70. The molecule has 0 atom stereocenters. The van der Waals surface area contributed by atoms with Crippen molar-refractivity contribution >= 4 is 11.5 Å². The Balaban J connectivity index is 3.10. The molecule has 1 N–H and O–H groups in total. The van der Waals surface area contributed by atoms with Crippen LogP contribution in [0.5, 0.6) is 0 Å². The highest BCUT2D eigenvalue weighted by Crippen LogP contribution is 2.04. The molecule has 3 heteroatoms. The van der Waals surface area contributed by atoms with Gasteiger partial charge in [-0.3, -0.25) is 4.79 Å². The van der Waals surface area contributed by atoms with Crippen LogP contribution in [0.25, 0.3) is 0 Å². The summed E-state index contributed by atoms with van der Waals surface area (Å²) in [5, 5.41) is 1.72. The van der Waals surface area contributed by atoms with Gasteiger partial charge in [-0.25, -0.2) is 0 Å². The first-order chi connectivity index (χ1) is 5.24. The molecule has 0 heterocycles. The Labute approximate surface area is 64.0 Å². The molecule has 0 aliphatic heterocycles. The van der Waals surface area contributed by atoms with Crippen molar-refractivity contribution in [2.45, 2.75) is 6.92 Å². The highest BCUT2D eigenvalue weighted by Gasteiger charge is 2.02. The molecule has 11 heavy (non-hydrogen) atoms. The third-order valence-corrected chi connectivity index (χ3v) is 1.39. The average Bonchev–Trinajstić information content (AvgIpc) is 2.05. The number of hydrogen-bond acceptors (Lipinski definition) is 2. The molecule has 0 unspecified atom stereocenters. The molecule has 1 aromatic carbocycles. The van der Waals surface area contributed by atoms with Crippen molar-refractivity contribution < 1.29 is 9.97 Å². The van der Waals surface area contributed by atoms with E-state index >= 15 is 0 Å². The maximum atomic E-state index is 10.8. The summed E-state index contributed by atoms with van der Waals surface area (Å²) in [4.78, 5) is 20.9. The van der Waals surface area contributed by atoms with Crippen LogP contribution in [0.1, 0.15) is 17.3 Å². The van der Waals surface area contributed by atoms with Crippen LogP contribution in [-0.4, -0.2) is 5.78 Å². The molecule has 3 nitrogen and oxygen atoms in total. The lowest BCUT2D eigenvalue weighted by molar-refractivity contribution is -0.379. The summed E-state index contributed by atoms with van der Waals surface area (Å²) in [6.45, 7) is 1.46. The quantitative estimate of drug-likeness (QED) is 0.619. The molecule has 0 aliphatic rings. The summed E-state index contributed by atoms with van der Waals surface area (Å²) in [7, 11) is 0. The zero-order valence-corrected chi connectivity index (χ0v) is 6.13. The van der Waals surface area contributed by atoms with Crippen LogP contribution in [0.3, 0.4) is 0 Å². The molecular weight excluding hydrogens is 142 g/mol. The normalized spacial score (nSPS) is 9.18. The number of hydrogen-bond donors (Lipinski definition) is 1. The van der Waals surface area contributed by atoms with Crippen LogP contribution >= 0.6 is 0 Å². The van der Waals surface area contributed by atoms with Crippen LogP contribution in [0.2, 0.25) is 0 Å². The maximum Gasteiger partial charge on any atom is 0.254 e. The van der Waals surface area contributed by atoms with E-state index < -0.39 is 0 Å². The molecule has 0 saturated heterocycles. The average molecular weight is 150 g/mol. The first-order valence-corrected chi connectivity index (χ1v) is 3.23. The van der Waals surface area contributed by atoms with Gasteiger partial charge in [0.25, 0.3) is 5.69 Å². The fourth-order valence-corrected chi connectivity index (χ4v) is 0.802. The number of carbonyl (C=O) groups is 1. The Morgan fingerprint density at radius 3 is 2.73 bits per heavy atom. The maximum absolute atomic E-state index is 10.8. The number of rotatable bonds is 2. The second-order valence-corrected chi connectivity index (χ2v) is 2.24. The molecule has 0 aliphatic carbocycles. The van der Waals surface area contributed by atoms with Crippen LogP contribution in [-0.2, 0) is 0 Å². The van der Waals surface area contributed by atoms with Gasteiger partial charge in [0.1, 0.15) is 0 Å². The van der Waals surface area contributed by atoms with Gasteiger partial charge in [0.05, 0.1) is 0 Å². The molecule has 56 valence electrons. The minimum Gasteiger partial charge on any atom is -0.295 e. The van der Waals surface area contributed by atoms with E-state index in [0.29, 0.717) is 11.3 Å². The smallest absolute Gasteiger partial charge is 0.254 e. The van der Waals surface area contributed by atoms with Gasteiger partial charge in [0.2, 0.25) is 0 Å². The second-order valence-electron chi connectivity index (χ2n) is 2.24. The molecule has 1 rings (SSSR count). The first kappa shape index (κ1) is 7.60. The minimum atomic E-state index is -0.0397. The Morgan fingerprint density at radius 1 is 1.45 bits per heavy atom. The number of nitroso groups, excluding NO2 is 1. The van der Waals surface area contributed by atoms with Crippen LogP contribution in [0.4, 0.5) is 5.69 Å².